The normalized spacial score (nSPS) is 19.3. The fourth-order valence-corrected chi connectivity index (χ4v) is 2.39. The molecule has 1 aromatic heterocycles. The molecule has 0 radical (unpaired) electrons. The van der Waals surface area contributed by atoms with E-state index in [1.165, 1.54) is 12.8 Å². The van der Waals surface area contributed by atoms with E-state index >= 15 is 0 Å². The number of hydrogen-bond acceptors (Lipinski definition) is 3. The smallest absolute Gasteiger partial charge is 0.130 e. The predicted molar refractivity (Wildman–Crippen MR) is 82.8 cm³/mol. The molecule has 0 spiro atoms. The van der Waals surface area contributed by atoms with Gasteiger partial charge in [0.05, 0.1) is 0 Å². The van der Waals surface area contributed by atoms with E-state index in [2.05, 4.69) is 57.0 Å². The maximum Gasteiger partial charge on any atom is 0.130 e. The van der Waals surface area contributed by atoms with Crippen LogP contribution in [0.3, 0.4) is 0 Å². The van der Waals surface area contributed by atoms with Gasteiger partial charge in [-0.2, -0.15) is 0 Å². The van der Waals surface area contributed by atoms with Crippen LogP contribution >= 0.6 is 0 Å². The Hall–Kier alpha value is -1.25. The summed E-state index contributed by atoms with van der Waals surface area (Å²) in [5.41, 5.74) is 0.535. The van der Waals surface area contributed by atoms with Gasteiger partial charge in [-0.05, 0) is 51.2 Å². The third-order valence-electron chi connectivity index (χ3n) is 3.68. The lowest BCUT2D eigenvalue weighted by atomic mass is 9.83. The molecule has 2 rings (SSSR count). The minimum Gasteiger partial charge on any atom is -0.365 e. The Morgan fingerprint density at radius 3 is 2.37 bits per heavy atom. The zero-order valence-corrected chi connectivity index (χ0v) is 13.0. The van der Waals surface area contributed by atoms with Gasteiger partial charge in [-0.3, -0.25) is 0 Å². The summed E-state index contributed by atoms with van der Waals surface area (Å²) in [5, 5.41) is 3.44. The highest BCUT2D eigenvalue weighted by Crippen LogP contribution is 2.31. The second kappa shape index (κ2) is 5.03. The van der Waals surface area contributed by atoms with Crippen molar-refractivity contribution in [2.24, 2.45) is 5.41 Å². The van der Waals surface area contributed by atoms with Gasteiger partial charge in [0.1, 0.15) is 11.6 Å². The highest BCUT2D eigenvalue weighted by atomic mass is 15.2. The molecule has 3 heteroatoms. The lowest BCUT2D eigenvalue weighted by Crippen LogP contribution is -2.38. The summed E-state index contributed by atoms with van der Waals surface area (Å²) >= 11 is 0. The number of anilines is 2. The Labute approximate surface area is 117 Å². The van der Waals surface area contributed by atoms with Crippen LogP contribution in [-0.4, -0.2) is 23.6 Å². The van der Waals surface area contributed by atoms with Gasteiger partial charge in [0, 0.05) is 18.6 Å². The van der Waals surface area contributed by atoms with E-state index in [1.807, 2.05) is 6.07 Å². The average Bonchev–Trinajstić information content (AvgIpc) is 2.27. The number of piperidine rings is 1. The molecule has 1 fully saturated rings. The van der Waals surface area contributed by atoms with Gasteiger partial charge in [-0.25, -0.2) is 4.98 Å². The molecule has 0 bridgehead atoms. The third kappa shape index (κ3) is 4.12. The molecule has 0 amide bonds. The minimum atomic E-state index is 0.0511. The van der Waals surface area contributed by atoms with Crippen molar-refractivity contribution >= 4 is 11.6 Å². The molecule has 2 heterocycles. The average molecular weight is 261 g/mol. The molecule has 1 N–H and O–H groups in total. The van der Waals surface area contributed by atoms with Crippen molar-refractivity contribution in [3.05, 3.63) is 18.2 Å². The molecule has 1 aliphatic rings. The van der Waals surface area contributed by atoms with Crippen LogP contribution in [0.15, 0.2) is 18.2 Å². The fourth-order valence-electron chi connectivity index (χ4n) is 2.39. The summed E-state index contributed by atoms with van der Waals surface area (Å²) in [5.74, 6) is 2.07. The second-order valence-corrected chi connectivity index (χ2v) is 7.41. The van der Waals surface area contributed by atoms with Crippen LogP contribution in [0, 0.1) is 5.41 Å². The quantitative estimate of drug-likeness (QED) is 0.874. The van der Waals surface area contributed by atoms with Crippen LogP contribution in [0.25, 0.3) is 0 Å². The Balaban J connectivity index is 2.07. The first kappa shape index (κ1) is 14.2. The molecule has 3 nitrogen and oxygen atoms in total. The van der Waals surface area contributed by atoms with Gasteiger partial charge in [0.2, 0.25) is 0 Å². The molecular weight excluding hydrogens is 234 g/mol. The first-order valence-corrected chi connectivity index (χ1v) is 7.25. The lowest BCUT2D eigenvalue weighted by Gasteiger charge is -2.37. The van der Waals surface area contributed by atoms with Gasteiger partial charge in [-0.15, -0.1) is 0 Å². The molecule has 1 aliphatic heterocycles. The van der Waals surface area contributed by atoms with Crippen molar-refractivity contribution in [3.63, 3.8) is 0 Å². The summed E-state index contributed by atoms with van der Waals surface area (Å²) < 4.78 is 0. The van der Waals surface area contributed by atoms with E-state index in [0.717, 1.165) is 24.7 Å². The molecule has 0 unspecified atom stereocenters. The topological polar surface area (TPSA) is 28.2 Å². The summed E-state index contributed by atoms with van der Waals surface area (Å²) in [6.45, 7) is 13.4. The van der Waals surface area contributed by atoms with E-state index in [-0.39, 0.29) is 5.54 Å². The molecule has 106 valence electrons. The molecule has 1 saturated heterocycles. The van der Waals surface area contributed by atoms with Crippen molar-refractivity contribution in [3.8, 4) is 0 Å². The van der Waals surface area contributed by atoms with Crippen LogP contribution in [0.4, 0.5) is 11.6 Å². The predicted octanol–water partition coefficient (Wildman–Crippen LogP) is 3.92. The van der Waals surface area contributed by atoms with Crippen LogP contribution in [0.2, 0.25) is 0 Å². The van der Waals surface area contributed by atoms with Crippen molar-refractivity contribution in [2.45, 2.75) is 53.0 Å². The van der Waals surface area contributed by atoms with E-state index < -0.39 is 0 Å². The Kier molecular flexibility index (Phi) is 3.75. The van der Waals surface area contributed by atoms with Gasteiger partial charge < -0.3 is 10.2 Å². The van der Waals surface area contributed by atoms with E-state index in [0.29, 0.717) is 5.41 Å². The maximum absolute atomic E-state index is 4.74. The first-order chi connectivity index (χ1) is 8.75. The molecule has 0 atom stereocenters. The number of nitrogens with zero attached hydrogens (tertiary/aromatic N) is 2. The fraction of sp³-hybridized carbons (Fsp3) is 0.688. The minimum absolute atomic E-state index is 0.0511. The summed E-state index contributed by atoms with van der Waals surface area (Å²) in [6.07, 6.45) is 2.48. The van der Waals surface area contributed by atoms with E-state index in [1.54, 1.807) is 0 Å². The van der Waals surface area contributed by atoms with Gasteiger partial charge in [0.25, 0.3) is 0 Å². The van der Waals surface area contributed by atoms with Crippen molar-refractivity contribution in [1.29, 1.82) is 0 Å². The van der Waals surface area contributed by atoms with Gasteiger partial charge in [-0.1, -0.05) is 19.9 Å². The third-order valence-corrected chi connectivity index (χ3v) is 3.68. The SMILES string of the molecule is CC1(C)CCN(c2cccc(NC(C)(C)C)n2)CC1. The number of pyridine rings is 1. The largest absolute Gasteiger partial charge is 0.365 e. The van der Waals surface area contributed by atoms with Crippen molar-refractivity contribution in [1.82, 2.24) is 4.98 Å². The molecule has 0 aliphatic carbocycles. The molecular formula is C16H27N3. The van der Waals surface area contributed by atoms with Crippen LogP contribution in [-0.2, 0) is 0 Å². The highest BCUT2D eigenvalue weighted by Gasteiger charge is 2.26. The number of aromatic nitrogens is 1. The van der Waals surface area contributed by atoms with Crippen LogP contribution in [0.5, 0.6) is 0 Å². The Morgan fingerprint density at radius 2 is 1.79 bits per heavy atom. The Bertz CT molecular complexity index is 422. The summed E-state index contributed by atoms with van der Waals surface area (Å²) in [7, 11) is 0. The standard InChI is InChI=1S/C16H27N3/c1-15(2,3)18-13-7-6-8-14(17-13)19-11-9-16(4,5)10-12-19/h6-8H,9-12H2,1-5H3,(H,17,18). The highest BCUT2D eigenvalue weighted by molar-refractivity contribution is 5.48. The lowest BCUT2D eigenvalue weighted by molar-refractivity contribution is 0.279. The molecule has 19 heavy (non-hydrogen) atoms. The van der Waals surface area contributed by atoms with Crippen LogP contribution < -0.4 is 10.2 Å². The number of rotatable bonds is 2. The number of nitrogens with one attached hydrogen (secondary N) is 1. The molecule has 0 saturated carbocycles. The number of hydrogen-bond donors (Lipinski definition) is 1. The van der Waals surface area contributed by atoms with E-state index in [9.17, 15) is 0 Å². The summed E-state index contributed by atoms with van der Waals surface area (Å²) in [6, 6.07) is 6.25. The molecule has 0 aromatic carbocycles. The van der Waals surface area contributed by atoms with Gasteiger partial charge in [0.15, 0.2) is 0 Å². The zero-order chi connectivity index (χ0) is 14.1. The first-order valence-electron chi connectivity index (χ1n) is 7.25. The van der Waals surface area contributed by atoms with Gasteiger partial charge >= 0.3 is 0 Å². The van der Waals surface area contributed by atoms with Crippen molar-refractivity contribution in [2.75, 3.05) is 23.3 Å². The van der Waals surface area contributed by atoms with E-state index in [4.69, 9.17) is 4.98 Å². The zero-order valence-electron chi connectivity index (χ0n) is 13.0. The second-order valence-electron chi connectivity index (χ2n) is 7.41. The molecule has 1 aromatic rings. The maximum atomic E-state index is 4.74. The Morgan fingerprint density at radius 1 is 1.16 bits per heavy atom. The summed E-state index contributed by atoms with van der Waals surface area (Å²) in [4.78, 5) is 7.15. The van der Waals surface area contributed by atoms with Crippen molar-refractivity contribution < 1.29 is 0 Å². The monoisotopic (exact) mass is 261 g/mol. The van der Waals surface area contributed by atoms with Crippen LogP contribution in [0.1, 0.15) is 47.5 Å².